The lowest BCUT2D eigenvalue weighted by Crippen LogP contribution is -2.64. The standard InChI is InChI=1S/C26H31F2N3O5/c1-25(2,3)36-24(34)31-26(10-12-35-13-11-26)23(33)30-21(22(29)32)14-16-4-6-17(7-5-16)18-8-9-19(27)20(28)15-18/h4-9,15,21H,10-14H2,1-3H3,(H2,29,32)(H,30,33)(H,31,34). The fraction of sp³-hybridized carbons (Fsp3) is 0.423. The van der Waals surface area contributed by atoms with Gasteiger partial charge in [-0.3, -0.25) is 9.59 Å². The first-order valence-corrected chi connectivity index (χ1v) is 11.6. The van der Waals surface area contributed by atoms with Crippen molar-refractivity contribution in [1.82, 2.24) is 10.6 Å². The Kier molecular flexibility index (Phi) is 8.29. The highest BCUT2D eigenvalue weighted by atomic mass is 19.2. The molecule has 1 unspecified atom stereocenters. The average Bonchev–Trinajstić information content (AvgIpc) is 2.80. The molecule has 0 radical (unpaired) electrons. The number of nitrogens with one attached hydrogen (secondary N) is 2. The van der Waals surface area contributed by atoms with Crippen LogP contribution >= 0.6 is 0 Å². The molecule has 1 aliphatic rings. The fourth-order valence-electron chi connectivity index (χ4n) is 3.89. The minimum atomic E-state index is -1.31. The zero-order valence-corrected chi connectivity index (χ0v) is 20.5. The minimum absolute atomic E-state index is 0.0954. The molecule has 1 heterocycles. The third-order valence-electron chi connectivity index (χ3n) is 5.82. The predicted molar refractivity (Wildman–Crippen MR) is 129 cm³/mol. The Balaban J connectivity index is 1.73. The monoisotopic (exact) mass is 503 g/mol. The van der Waals surface area contributed by atoms with Gasteiger partial charge in [-0.2, -0.15) is 0 Å². The number of carbonyl (C=O) groups is 3. The highest BCUT2D eigenvalue weighted by molar-refractivity contribution is 5.94. The molecule has 1 atom stereocenters. The van der Waals surface area contributed by atoms with Crippen molar-refractivity contribution in [2.45, 2.75) is 57.2 Å². The van der Waals surface area contributed by atoms with E-state index in [-0.39, 0.29) is 32.5 Å². The van der Waals surface area contributed by atoms with Crippen molar-refractivity contribution in [1.29, 1.82) is 0 Å². The van der Waals surface area contributed by atoms with Crippen LogP contribution in [0, 0.1) is 11.6 Å². The van der Waals surface area contributed by atoms with Gasteiger partial charge in [-0.15, -0.1) is 0 Å². The van der Waals surface area contributed by atoms with Crippen molar-refractivity contribution in [2.75, 3.05) is 13.2 Å². The Labute approximate surface area is 208 Å². The van der Waals surface area contributed by atoms with E-state index in [1.54, 1.807) is 45.0 Å². The number of ether oxygens (including phenoxy) is 2. The van der Waals surface area contributed by atoms with Crippen molar-refractivity contribution in [3.8, 4) is 11.1 Å². The second-order valence-electron chi connectivity index (χ2n) is 9.78. The van der Waals surface area contributed by atoms with E-state index in [4.69, 9.17) is 15.2 Å². The minimum Gasteiger partial charge on any atom is -0.444 e. The van der Waals surface area contributed by atoms with Crippen LogP contribution in [-0.2, 0) is 25.5 Å². The topological polar surface area (TPSA) is 120 Å². The molecule has 1 saturated heterocycles. The second-order valence-corrected chi connectivity index (χ2v) is 9.78. The molecule has 194 valence electrons. The lowest BCUT2D eigenvalue weighted by atomic mass is 9.88. The Hall–Kier alpha value is -3.53. The van der Waals surface area contributed by atoms with Crippen LogP contribution in [0.4, 0.5) is 13.6 Å². The number of rotatable bonds is 7. The van der Waals surface area contributed by atoms with Gasteiger partial charge in [0.15, 0.2) is 11.6 Å². The van der Waals surface area contributed by atoms with Crippen molar-refractivity contribution >= 4 is 17.9 Å². The summed E-state index contributed by atoms with van der Waals surface area (Å²) in [6.07, 6.45) is -0.250. The van der Waals surface area contributed by atoms with Gasteiger partial charge < -0.3 is 25.8 Å². The largest absolute Gasteiger partial charge is 0.444 e. The van der Waals surface area contributed by atoms with Crippen LogP contribution in [0.1, 0.15) is 39.2 Å². The Morgan fingerprint density at radius 2 is 1.64 bits per heavy atom. The number of hydrogen-bond acceptors (Lipinski definition) is 5. The maximum absolute atomic E-state index is 13.6. The maximum Gasteiger partial charge on any atom is 0.408 e. The molecule has 0 aromatic heterocycles. The van der Waals surface area contributed by atoms with Crippen LogP contribution in [0.25, 0.3) is 11.1 Å². The molecule has 36 heavy (non-hydrogen) atoms. The molecule has 1 aliphatic heterocycles. The molecule has 3 rings (SSSR count). The fourth-order valence-corrected chi connectivity index (χ4v) is 3.89. The van der Waals surface area contributed by atoms with Gasteiger partial charge in [-0.1, -0.05) is 30.3 Å². The first-order chi connectivity index (χ1) is 16.9. The van der Waals surface area contributed by atoms with E-state index in [1.807, 2.05) is 0 Å². The first-order valence-electron chi connectivity index (χ1n) is 11.6. The van der Waals surface area contributed by atoms with Gasteiger partial charge in [0.2, 0.25) is 11.8 Å². The van der Waals surface area contributed by atoms with Gasteiger partial charge in [0.05, 0.1) is 0 Å². The van der Waals surface area contributed by atoms with Crippen LogP contribution in [0.15, 0.2) is 42.5 Å². The summed E-state index contributed by atoms with van der Waals surface area (Å²) in [7, 11) is 0. The third kappa shape index (κ3) is 7.00. The molecule has 10 heteroatoms. The van der Waals surface area contributed by atoms with Crippen LogP contribution < -0.4 is 16.4 Å². The van der Waals surface area contributed by atoms with E-state index in [9.17, 15) is 23.2 Å². The maximum atomic E-state index is 13.6. The Morgan fingerprint density at radius 1 is 1.03 bits per heavy atom. The summed E-state index contributed by atoms with van der Waals surface area (Å²) in [5, 5.41) is 5.34. The van der Waals surface area contributed by atoms with Gasteiger partial charge >= 0.3 is 6.09 Å². The molecule has 3 amide bonds. The summed E-state index contributed by atoms with van der Waals surface area (Å²) < 4.78 is 37.5. The number of benzene rings is 2. The SMILES string of the molecule is CC(C)(C)OC(=O)NC1(C(=O)NC(Cc2ccc(-c3ccc(F)c(F)c3)cc2)C(N)=O)CCOCC1. The Bertz CT molecular complexity index is 1110. The van der Waals surface area contributed by atoms with E-state index >= 15 is 0 Å². The van der Waals surface area contributed by atoms with Gasteiger partial charge in [-0.05, 0) is 49.6 Å². The van der Waals surface area contributed by atoms with Crippen LogP contribution in [0.3, 0.4) is 0 Å². The molecule has 2 aromatic rings. The predicted octanol–water partition coefficient (Wildman–Crippen LogP) is 3.22. The molecule has 2 aromatic carbocycles. The van der Waals surface area contributed by atoms with Gasteiger partial charge in [0.1, 0.15) is 17.2 Å². The molecule has 4 N–H and O–H groups in total. The van der Waals surface area contributed by atoms with Crippen molar-refractivity contribution in [2.24, 2.45) is 5.73 Å². The van der Waals surface area contributed by atoms with E-state index in [0.29, 0.717) is 16.7 Å². The van der Waals surface area contributed by atoms with Gasteiger partial charge in [-0.25, -0.2) is 13.6 Å². The summed E-state index contributed by atoms with van der Waals surface area (Å²) in [6.45, 7) is 5.63. The smallest absolute Gasteiger partial charge is 0.408 e. The normalized spacial score (nSPS) is 16.0. The van der Waals surface area contributed by atoms with Crippen LogP contribution in [-0.4, -0.2) is 48.3 Å². The molecule has 0 aliphatic carbocycles. The highest BCUT2D eigenvalue weighted by Crippen LogP contribution is 2.24. The number of primary amides is 1. The summed E-state index contributed by atoms with van der Waals surface area (Å²) in [4.78, 5) is 37.9. The lowest BCUT2D eigenvalue weighted by molar-refractivity contribution is -0.135. The van der Waals surface area contributed by atoms with Crippen molar-refractivity contribution in [3.63, 3.8) is 0 Å². The van der Waals surface area contributed by atoms with Crippen molar-refractivity contribution in [3.05, 3.63) is 59.7 Å². The third-order valence-corrected chi connectivity index (χ3v) is 5.82. The molecular weight excluding hydrogens is 472 g/mol. The van der Waals surface area contributed by atoms with Gasteiger partial charge in [0.25, 0.3) is 0 Å². The van der Waals surface area contributed by atoms with E-state index in [0.717, 1.165) is 12.1 Å². The summed E-state index contributed by atoms with van der Waals surface area (Å²) >= 11 is 0. The van der Waals surface area contributed by atoms with Crippen molar-refractivity contribution < 1.29 is 32.6 Å². The quantitative estimate of drug-likeness (QED) is 0.536. The van der Waals surface area contributed by atoms with Gasteiger partial charge in [0, 0.05) is 32.5 Å². The number of carbonyl (C=O) groups excluding carboxylic acids is 3. The lowest BCUT2D eigenvalue weighted by Gasteiger charge is -2.37. The molecule has 8 nitrogen and oxygen atoms in total. The number of alkyl carbamates (subject to hydrolysis) is 1. The molecule has 1 fully saturated rings. The zero-order valence-electron chi connectivity index (χ0n) is 20.5. The molecule has 0 spiro atoms. The summed E-state index contributed by atoms with van der Waals surface area (Å²) in [5.41, 5.74) is 5.34. The van der Waals surface area contributed by atoms with E-state index < -0.39 is 46.7 Å². The highest BCUT2D eigenvalue weighted by Gasteiger charge is 2.43. The molecule has 0 bridgehead atoms. The number of hydrogen-bond donors (Lipinski definition) is 3. The second kappa shape index (κ2) is 11.0. The molecular formula is C26H31F2N3O5. The number of nitrogens with two attached hydrogens (primary N) is 1. The van der Waals surface area contributed by atoms with Crippen LogP contribution in [0.5, 0.6) is 0 Å². The zero-order chi connectivity index (χ0) is 26.5. The Morgan fingerprint density at radius 3 is 2.19 bits per heavy atom. The first kappa shape index (κ1) is 27.1. The average molecular weight is 504 g/mol. The molecule has 0 saturated carbocycles. The number of amides is 3. The van der Waals surface area contributed by atoms with Crippen LogP contribution in [0.2, 0.25) is 0 Å². The summed E-state index contributed by atoms with van der Waals surface area (Å²) in [6, 6.07) is 9.38. The van der Waals surface area contributed by atoms with E-state index in [2.05, 4.69) is 10.6 Å². The summed E-state index contributed by atoms with van der Waals surface area (Å²) in [5.74, 6) is -3.18. The number of halogens is 2. The van der Waals surface area contributed by atoms with E-state index in [1.165, 1.54) is 6.07 Å².